The van der Waals surface area contributed by atoms with Crippen LogP contribution in [0.25, 0.3) is 0 Å². The molecule has 0 aliphatic carbocycles. The van der Waals surface area contributed by atoms with E-state index in [4.69, 9.17) is 0 Å². The summed E-state index contributed by atoms with van der Waals surface area (Å²) in [7, 11) is -3.19. The minimum absolute atomic E-state index is 0.0181. The van der Waals surface area contributed by atoms with E-state index in [9.17, 15) is 13.2 Å². The molecule has 0 bridgehead atoms. The summed E-state index contributed by atoms with van der Waals surface area (Å²) in [6, 6.07) is 1.26. The second-order valence-electron chi connectivity index (χ2n) is 2.97. The highest BCUT2D eigenvalue weighted by Crippen LogP contribution is 2.08. The SMILES string of the molecule is CCOC(=O)c1cc(CS(C)(=O)=O)on1. The summed E-state index contributed by atoms with van der Waals surface area (Å²) in [4.78, 5) is 11.1. The molecule has 0 aliphatic rings. The van der Waals surface area contributed by atoms with E-state index in [-0.39, 0.29) is 23.8 Å². The molecule has 1 aromatic heterocycles. The van der Waals surface area contributed by atoms with E-state index in [0.717, 1.165) is 6.26 Å². The van der Waals surface area contributed by atoms with Gasteiger partial charge in [-0.2, -0.15) is 0 Å². The number of esters is 1. The molecule has 6 nitrogen and oxygen atoms in total. The van der Waals surface area contributed by atoms with E-state index >= 15 is 0 Å². The molecular formula is C8H11NO5S. The van der Waals surface area contributed by atoms with Crippen molar-refractivity contribution < 1.29 is 22.5 Å². The Balaban J connectivity index is 2.77. The highest BCUT2D eigenvalue weighted by molar-refractivity contribution is 7.89. The third-order valence-electron chi connectivity index (χ3n) is 1.45. The van der Waals surface area contributed by atoms with Gasteiger partial charge in [0.15, 0.2) is 21.3 Å². The molecule has 1 aromatic rings. The highest BCUT2D eigenvalue weighted by atomic mass is 32.2. The number of nitrogens with zero attached hydrogens (tertiary/aromatic N) is 1. The summed E-state index contributed by atoms with van der Waals surface area (Å²) in [5.41, 5.74) is -0.0181. The molecule has 0 fully saturated rings. The fourth-order valence-corrected chi connectivity index (χ4v) is 1.59. The Labute approximate surface area is 87.1 Å². The van der Waals surface area contributed by atoms with Crippen LogP contribution in [0.3, 0.4) is 0 Å². The van der Waals surface area contributed by atoms with Crippen molar-refractivity contribution in [3.05, 3.63) is 17.5 Å². The number of carbonyl (C=O) groups excluding carboxylic acids is 1. The van der Waals surface area contributed by atoms with E-state index < -0.39 is 15.8 Å². The average molecular weight is 233 g/mol. The Bertz CT molecular complexity index is 447. The van der Waals surface area contributed by atoms with Crippen LogP contribution < -0.4 is 0 Å². The zero-order chi connectivity index (χ0) is 11.5. The smallest absolute Gasteiger partial charge is 0.360 e. The lowest BCUT2D eigenvalue weighted by Gasteiger charge is -1.94. The fourth-order valence-electron chi connectivity index (χ4n) is 0.941. The van der Waals surface area contributed by atoms with Crippen LogP contribution in [0.4, 0.5) is 0 Å². The Kier molecular flexibility index (Phi) is 3.46. The maximum Gasteiger partial charge on any atom is 0.360 e. The molecule has 0 radical (unpaired) electrons. The standard InChI is InChI=1S/C8H11NO5S/c1-3-13-8(10)7-4-6(14-9-7)5-15(2,11)12/h4H,3,5H2,1-2H3. The van der Waals surface area contributed by atoms with Crippen LogP contribution in [-0.4, -0.2) is 32.4 Å². The average Bonchev–Trinajstić information content (AvgIpc) is 2.50. The molecule has 0 aliphatic heterocycles. The molecule has 0 aromatic carbocycles. The molecule has 0 N–H and O–H groups in total. The molecule has 15 heavy (non-hydrogen) atoms. The van der Waals surface area contributed by atoms with E-state index in [1.54, 1.807) is 6.92 Å². The molecule has 84 valence electrons. The molecule has 0 amide bonds. The quantitative estimate of drug-likeness (QED) is 0.699. The summed E-state index contributed by atoms with van der Waals surface area (Å²) in [5, 5.41) is 3.40. The molecule has 0 atom stereocenters. The van der Waals surface area contributed by atoms with Crippen LogP contribution in [0, 0.1) is 0 Å². The Morgan fingerprint density at radius 1 is 1.60 bits per heavy atom. The van der Waals surface area contributed by atoms with Crippen molar-refractivity contribution in [2.75, 3.05) is 12.9 Å². The molecule has 7 heteroatoms. The summed E-state index contributed by atoms with van der Waals surface area (Å²) >= 11 is 0. The van der Waals surface area contributed by atoms with Gasteiger partial charge in [-0.25, -0.2) is 13.2 Å². The van der Waals surface area contributed by atoms with Crippen LogP contribution in [-0.2, 0) is 20.3 Å². The van der Waals surface area contributed by atoms with Crippen LogP contribution in [0.2, 0.25) is 0 Å². The maximum atomic E-state index is 11.1. The number of hydrogen-bond donors (Lipinski definition) is 0. The zero-order valence-electron chi connectivity index (χ0n) is 8.39. The first-order chi connectivity index (χ1) is 6.92. The first-order valence-corrected chi connectivity index (χ1v) is 6.29. The van der Waals surface area contributed by atoms with Crippen LogP contribution in [0.1, 0.15) is 23.2 Å². The van der Waals surface area contributed by atoms with Gasteiger partial charge in [0.2, 0.25) is 0 Å². The Morgan fingerprint density at radius 3 is 2.80 bits per heavy atom. The van der Waals surface area contributed by atoms with E-state index in [1.165, 1.54) is 6.07 Å². The van der Waals surface area contributed by atoms with Crippen LogP contribution in [0.15, 0.2) is 10.6 Å². The van der Waals surface area contributed by atoms with Gasteiger partial charge in [-0.15, -0.1) is 0 Å². The molecule has 1 heterocycles. The second kappa shape index (κ2) is 4.43. The maximum absolute atomic E-state index is 11.1. The lowest BCUT2D eigenvalue weighted by Crippen LogP contribution is -2.04. The molecule has 1 rings (SSSR count). The monoisotopic (exact) mass is 233 g/mol. The second-order valence-corrected chi connectivity index (χ2v) is 5.11. The largest absolute Gasteiger partial charge is 0.461 e. The third kappa shape index (κ3) is 3.70. The summed E-state index contributed by atoms with van der Waals surface area (Å²) < 4.78 is 31.1. The number of aromatic nitrogens is 1. The van der Waals surface area contributed by atoms with Gasteiger partial charge in [0.05, 0.1) is 6.61 Å². The fraction of sp³-hybridized carbons (Fsp3) is 0.500. The number of ether oxygens (including phenoxy) is 1. The lowest BCUT2D eigenvalue weighted by atomic mass is 10.4. The van der Waals surface area contributed by atoms with Gasteiger partial charge in [0.1, 0.15) is 5.75 Å². The zero-order valence-corrected chi connectivity index (χ0v) is 9.20. The third-order valence-corrected chi connectivity index (χ3v) is 2.26. The van der Waals surface area contributed by atoms with Gasteiger partial charge in [0.25, 0.3) is 0 Å². The Hall–Kier alpha value is -1.37. The predicted octanol–water partition coefficient (Wildman–Crippen LogP) is 0.396. The van der Waals surface area contributed by atoms with E-state index in [2.05, 4.69) is 14.4 Å². The number of hydrogen-bond acceptors (Lipinski definition) is 6. The first kappa shape index (κ1) is 11.7. The van der Waals surface area contributed by atoms with Crippen molar-refractivity contribution in [3.63, 3.8) is 0 Å². The van der Waals surface area contributed by atoms with E-state index in [0.29, 0.717) is 0 Å². The Morgan fingerprint density at radius 2 is 2.27 bits per heavy atom. The number of rotatable bonds is 4. The van der Waals surface area contributed by atoms with Gasteiger partial charge in [-0.1, -0.05) is 5.16 Å². The molecule has 0 spiro atoms. The minimum Gasteiger partial charge on any atom is -0.461 e. The van der Waals surface area contributed by atoms with Crippen molar-refractivity contribution in [1.82, 2.24) is 5.16 Å². The van der Waals surface area contributed by atoms with Crippen molar-refractivity contribution in [2.24, 2.45) is 0 Å². The predicted molar refractivity (Wildman–Crippen MR) is 51.0 cm³/mol. The van der Waals surface area contributed by atoms with Crippen molar-refractivity contribution >= 4 is 15.8 Å². The summed E-state index contributed by atoms with van der Waals surface area (Å²) in [6.45, 7) is 1.89. The molecule has 0 saturated carbocycles. The van der Waals surface area contributed by atoms with Crippen molar-refractivity contribution in [1.29, 1.82) is 0 Å². The van der Waals surface area contributed by atoms with Crippen LogP contribution >= 0.6 is 0 Å². The van der Waals surface area contributed by atoms with Crippen molar-refractivity contribution in [3.8, 4) is 0 Å². The number of carbonyl (C=O) groups is 1. The van der Waals surface area contributed by atoms with Gasteiger partial charge >= 0.3 is 5.97 Å². The van der Waals surface area contributed by atoms with Gasteiger partial charge in [-0.05, 0) is 6.92 Å². The molecular weight excluding hydrogens is 222 g/mol. The topological polar surface area (TPSA) is 86.5 Å². The minimum atomic E-state index is -3.19. The number of sulfone groups is 1. The highest BCUT2D eigenvalue weighted by Gasteiger charge is 2.15. The van der Waals surface area contributed by atoms with Gasteiger partial charge < -0.3 is 9.26 Å². The normalized spacial score (nSPS) is 11.3. The van der Waals surface area contributed by atoms with Gasteiger partial charge in [0, 0.05) is 12.3 Å². The molecule has 0 unspecified atom stereocenters. The molecule has 0 saturated heterocycles. The van der Waals surface area contributed by atoms with Crippen molar-refractivity contribution in [2.45, 2.75) is 12.7 Å². The first-order valence-electron chi connectivity index (χ1n) is 4.23. The van der Waals surface area contributed by atoms with Crippen LogP contribution in [0.5, 0.6) is 0 Å². The summed E-state index contributed by atoms with van der Waals surface area (Å²) in [6.07, 6.45) is 1.07. The van der Waals surface area contributed by atoms with Gasteiger partial charge in [-0.3, -0.25) is 0 Å². The lowest BCUT2D eigenvalue weighted by molar-refractivity contribution is 0.0514. The summed E-state index contributed by atoms with van der Waals surface area (Å²) in [5.74, 6) is -0.777. The van der Waals surface area contributed by atoms with E-state index in [1.807, 2.05) is 0 Å².